The van der Waals surface area contributed by atoms with Crippen molar-refractivity contribution >= 4 is 17.8 Å². The van der Waals surface area contributed by atoms with Gasteiger partial charge in [-0.1, -0.05) is 20.8 Å². The van der Waals surface area contributed by atoms with Gasteiger partial charge in [-0.05, 0) is 36.4 Å². The Balaban J connectivity index is 2.35. The van der Waals surface area contributed by atoms with Crippen LogP contribution in [0.3, 0.4) is 0 Å². The number of nitrogens with zero attached hydrogens (tertiary/aromatic N) is 1. The largest absolute Gasteiger partial charge is 0.441 e. The second-order valence-electron chi connectivity index (χ2n) is 6.28. The number of alkyl halides is 3. The van der Waals surface area contributed by atoms with Crippen LogP contribution in [0.25, 0.3) is 0 Å². The number of halogens is 3. The number of rotatable bonds is 4. The Morgan fingerprint density at radius 2 is 2.00 bits per heavy atom. The van der Waals surface area contributed by atoms with Crippen LogP contribution in [0, 0.1) is 5.41 Å². The Hall–Kier alpha value is -0.590. The van der Waals surface area contributed by atoms with E-state index in [0.717, 1.165) is 19.3 Å². The molecule has 7 heteroatoms. The maximum Gasteiger partial charge on any atom is 0.441 e. The zero-order valence-electron chi connectivity index (χ0n) is 12.2. The normalized spacial score (nSPS) is 20.3. The highest BCUT2D eigenvalue weighted by Crippen LogP contribution is 2.30. The lowest BCUT2D eigenvalue weighted by Crippen LogP contribution is -2.44. The molecule has 1 atom stereocenters. The van der Waals surface area contributed by atoms with Crippen molar-refractivity contribution in [3.05, 3.63) is 0 Å². The Bertz CT molecular complexity index is 329. The maximum atomic E-state index is 12.0. The number of urea groups is 1. The molecule has 1 aliphatic rings. The van der Waals surface area contributed by atoms with Crippen molar-refractivity contribution in [2.45, 2.75) is 51.6 Å². The lowest BCUT2D eigenvalue weighted by atomic mass is 9.87. The molecule has 2 amide bonds. The molecule has 1 fully saturated rings. The van der Waals surface area contributed by atoms with Gasteiger partial charge in [-0.25, -0.2) is 4.79 Å². The summed E-state index contributed by atoms with van der Waals surface area (Å²) in [6, 6.07) is -0.0372. The van der Waals surface area contributed by atoms with Gasteiger partial charge in [0.1, 0.15) is 0 Å². The van der Waals surface area contributed by atoms with E-state index in [1.165, 1.54) is 0 Å². The molecule has 118 valence electrons. The summed E-state index contributed by atoms with van der Waals surface area (Å²) in [5.74, 6) is -0.146. The first-order chi connectivity index (χ1) is 9.08. The second-order valence-corrected chi connectivity index (χ2v) is 7.44. The zero-order chi connectivity index (χ0) is 15.4. The van der Waals surface area contributed by atoms with Gasteiger partial charge in [0.05, 0.1) is 0 Å². The number of thioether (sulfide) groups is 1. The summed E-state index contributed by atoms with van der Waals surface area (Å²) in [5.41, 5.74) is -4.09. The Morgan fingerprint density at radius 3 is 2.55 bits per heavy atom. The van der Waals surface area contributed by atoms with Crippen LogP contribution in [-0.4, -0.2) is 41.3 Å². The van der Waals surface area contributed by atoms with Gasteiger partial charge < -0.3 is 10.2 Å². The molecule has 0 aromatic rings. The van der Waals surface area contributed by atoms with E-state index in [-0.39, 0.29) is 41.5 Å². The molecule has 0 radical (unpaired) electrons. The molecule has 1 N–H and O–H groups in total. The first-order valence-corrected chi connectivity index (χ1v) is 7.82. The van der Waals surface area contributed by atoms with Gasteiger partial charge in [0.2, 0.25) is 0 Å². The monoisotopic (exact) mass is 312 g/mol. The molecule has 1 saturated heterocycles. The van der Waals surface area contributed by atoms with Gasteiger partial charge in [0, 0.05) is 24.9 Å². The van der Waals surface area contributed by atoms with Crippen molar-refractivity contribution in [1.82, 2.24) is 10.2 Å². The fourth-order valence-corrected chi connectivity index (χ4v) is 2.88. The highest BCUT2D eigenvalue weighted by atomic mass is 32.2. The first kappa shape index (κ1) is 17.5. The molecule has 1 rings (SSSR count). The lowest BCUT2D eigenvalue weighted by molar-refractivity contribution is -0.0327. The van der Waals surface area contributed by atoms with Crippen LogP contribution < -0.4 is 5.32 Å². The van der Waals surface area contributed by atoms with Crippen LogP contribution in [0.5, 0.6) is 0 Å². The quantitative estimate of drug-likeness (QED) is 0.800. The zero-order valence-corrected chi connectivity index (χ0v) is 13.0. The summed E-state index contributed by atoms with van der Waals surface area (Å²) in [6.45, 7) is 7.12. The van der Waals surface area contributed by atoms with Gasteiger partial charge >= 0.3 is 11.5 Å². The molecule has 3 nitrogen and oxygen atoms in total. The van der Waals surface area contributed by atoms with Crippen LogP contribution in [0.4, 0.5) is 18.0 Å². The van der Waals surface area contributed by atoms with E-state index in [9.17, 15) is 18.0 Å². The van der Waals surface area contributed by atoms with Gasteiger partial charge in [-0.3, -0.25) is 0 Å². The lowest BCUT2D eigenvalue weighted by Gasteiger charge is -2.30. The summed E-state index contributed by atoms with van der Waals surface area (Å²) < 4.78 is 35.9. The number of nitrogens with one attached hydrogen (secondary N) is 1. The smallest absolute Gasteiger partial charge is 0.337 e. The average molecular weight is 312 g/mol. The number of amides is 2. The third kappa shape index (κ3) is 6.72. The SMILES string of the molecule is CC(C)(C)C[C@@H]1CCCN1C(=O)NCCSC(F)(F)F. The molecule has 0 saturated carbocycles. The molecule has 20 heavy (non-hydrogen) atoms. The van der Waals surface area contributed by atoms with E-state index in [0.29, 0.717) is 6.54 Å². The van der Waals surface area contributed by atoms with Crippen LogP contribution in [0.2, 0.25) is 0 Å². The minimum absolute atomic E-state index is 0.0434. The highest BCUT2D eigenvalue weighted by molar-refractivity contribution is 8.00. The summed E-state index contributed by atoms with van der Waals surface area (Å²) >= 11 is -0.104. The number of likely N-dealkylation sites (tertiary alicyclic amines) is 1. The summed E-state index contributed by atoms with van der Waals surface area (Å²) in [6.07, 6.45) is 2.85. The minimum atomic E-state index is -4.23. The summed E-state index contributed by atoms with van der Waals surface area (Å²) in [5, 5.41) is 2.58. The van der Waals surface area contributed by atoms with Crippen LogP contribution in [0.1, 0.15) is 40.0 Å². The predicted octanol–water partition coefficient (Wildman–Crippen LogP) is 3.85. The van der Waals surface area contributed by atoms with Gasteiger partial charge in [-0.15, -0.1) is 0 Å². The molecule has 0 aromatic carbocycles. The maximum absolute atomic E-state index is 12.0. The Kier molecular flexibility index (Phi) is 6.04. The minimum Gasteiger partial charge on any atom is -0.337 e. The van der Waals surface area contributed by atoms with Crippen molar-refractivity contribution in [2.24, 2.45) is 5.41 Å². The van der Waals surface area contributed by atoms with Gasteiger partial charge in [-0.2, -0.15) is 13.2 Å². The Labute approximate surface area is 122 Å². The second kappa shape index (κ2) is 6.91. The number of carbonyl (C=O) groups excluding carboxylic acids is 1. The molecule has 1 heterocycles. The predicted molar refractivity (Wildman–Crippen MR) is 75.7 cm³/mol. The summed E-state index contributed by atoms with van der Waals surface area (Å²) in [7, 11) is 0. The third-order valence-corrected chi connectivity index (χ3v) is 3.87. The molecule has 0 spiro atoms. The fourth-order valence-electron chi connectivity index (χ4n) is 2.45. The molecule has 0 unspecified atom stereocenters. The van der Waals surface area contributed by atoms with Crippen molar-refractivity contribution in [2.75, 3.05) is 18.8 Å². The van der Waals surface area contributed by atoms with Gasteiger partial charge in [0.15, 0.2) is 0 Å². The van der Waals surface area contributed by atoms with Crippen molar-refractivity contribution in [1.29, 1.82) is 0 Å². The van der Waals surface area contributed by atoms with E-state index < -0.39 is 5.51 Å². The molecule has 0 aromatic heterocycles. The molecule has 1 aliphatic heterocycles. The van der Waals surface area contributed by atoms with Crippen LogP contribution in [0.15, 0.2) is 0 Å². The number of hydrogen-bond donors (Lipinski definition) is 1. The van der Waals surface area contributed by atoms with Crippen molar-refractivity contribution in [3.63, 3.8) is 0 Å². The molecule has 0 bridgehead atoms. The molecular formula is C13H23F3N2OS. The van der Waals surface area contributed by atoms with E-state index >= 15 is 0 Å². The van der Waals surface area contributed by atoms with E-state index in [1.807, 2.05) is 0 Å². The van der Waals surface area contributed by atoms with Crippen LogP contribution in [-0.2, 0) is 0 Å². The highest BCUT2D eigenvalue weighted by Gasteiger charge is 2.32. The van der Waals surface area contributed by atoms with Gasteiger partial charge in [0.25, 0.3) is 0 Å². The van der Waals surface area contributed by atoms with E-state index in [4.69, 9.17) is 0 Å². The van der Waals surface area contributed by atoms with E-state index in [2.05, 4.69) is 26.1 Å². The summed E-state index contributed by atoms with van der Waals surface area (Å²) in [4.78, 5) is 13.8. The fraction of sp³-hybridized carbons (Fsp3) is 0.923. The Morgan fingerprint density at radius 1 is 1.35 bits per heavy atom. The number of carbonyl (C=O) groups is 1. The molecule has 0 aliphatic carbocycles. The standard InChI is InChI=1S/C13H23F3N2OS/c1-12(2,3)9-10-5-4-7-18(10)11(19)17-6-8-20-13(14,15)16/h10H,4-9H2,1-3H3,(H,17,19)/t10-/m0/s1. The van der Waals surface area contributed by atoms with E-state index in [1.54, 1.807) is 4.90 Å². The first-order valence-electron chi connectivity index (χ1n) is 6.84. The average Bonchev–Trinajstić information content (AvgIpc) is 2.68. The molecular weight excluding hydrogens is 289 g/mol. The van der Waals surface area contributed by atoms with Crippen LogP contribution >= 0.6 is 11.8 Å². The van der Waals surface area contributed by atoms with Crippen molar-refractivity contribution < 1.29 is 18.0 Å². The van der Waals surface area contributed by atoms with Crippen molar-refractivity contribution in [3.8, 4) is 0 Å². The third-order valence-electron chi connectivity index (χ3n) is 3.13. The number of hydrogen-bond acceptors (Lipinski definition) is 2. The topological polar surface area (TPSA) is 32.3 Å².